The van der Waals surface area contributed by atoms with Crippen LogP contribution in [0.15, 0.2) is 0 Å². The van der Waals surface area contributed by atoms with Crippen LogP contribution in [0.5, 0.6) is 0 Å². The van der Waals surface area contributed by atoms with E-state index in [1.807, 2.05) is 6.92 Å². The molecule has 4 nitrogen and oxygen atoms in total. The lowest BCUT2D eigenvalue weighted by Crippen LogP contribution is -2.56. The van der Waals surface area contributed by atoms with Gasteiger partial charge < -0.3 is 4.74 Å². The topological polar surface area (TPSA) is 32.8 Å². The molecular weight excluding hydrogens is 216 g/mol. The molecule has 0 spiro atoms. The van der Waals surface area contributed by atoms with Crippen LogP contribution in [0.4, 0.5) is 0 Å². The van der Waals surface area contributed by atoms with Gasteiger partial charge in [0.15, 0.2) is 0 Å². The predicted octanol–water partition coefficient (Wildman–Crippen LogP) is 1.35. The molecule has 0 aromatic heterocycles. The van der Waals surface area contributed by atoms with Crippen LogP contribution in [0.25, 0.3) is 0 Å². The van der Waals surface area contributed by atoms with Crippen LogP contribution in [0.3, 0.4) is 0 Å². The Hall–Kier alpha value is -0.610. The Morgan fingerprint density at radius 3 is 2.53 bits per heavy atom. The third-order valence-corrected chi connectivity index (χ3v) is 3.59. The van der Waals surface area contributed by atoms with Crippen LogP contribution >= 0.6 is 0 Å². The van der Waals surface area contributed by atoms with Crippen molar-refractivity contribution in [3.8, 4) is 0 Å². The first-order chi connectivity index (χ1) is 8.13. The largest absolute Gasteiger partial charge is 0.465 e. The summed E-state index contributed by atoms with van der Waals surface area (Å²) in [6.45, 7) is 12.9. The van der Waals surface area contributed by atoms with Crippen LogP contribution in [-0.4, -0.2) is 60.6 Å². The second kappa shape index (κ2) is 6.97. The van der Waals surface area contributed by atoms with Crippen molar-refractivity contribution in [1.29, 1.82) is 0 Å². The van der Waals surface area contributed by atoms with E-state index in [-0.39, 0.29) is 12.0 Å². The normalized spacial score (nSPS) is 24.6. The van der Waals surface area contributed by atoms with Gasteiger partial charge in [-0.1, -0.05) is 13.8 Å². The molecule has 0 aromatic carbocycles. The fourth-order valence-corrected chi connectivity index (χ4v) is 2.59. The summed E-state index contributed by atoms with van der Waals surface area (Å²) in [7, 11) is 0. The second-order valence-electron chi connectivity index (χ2n) is 4.65. The highest BCUT2D eigenvalue weighted by molar-refractivity contribution is 5.75. The van der Waals surface area contributed by atoms with Crippen molar-refractivity contribution in [1.82, 2.24) is 9.80 Å². The summed E-state index contributed by atoms with van der Waals surface area (Å²) in [5.41, 5.74) is 0. The van der Waals surface area contributed by atoms with Gasteiger partial charge in [-0.15, -0.1) is 0 Å². The van der Waals surface area contributed by atoms with Gasteiger partial charge in [-0.2, -0.15) is 0 Å². The standard InChI is InChI=1S/C13H26N2O2/c1-5-12(13(16)17-7-3)15-9-8-14(6-2)11(4)10-15/h11-12H,5-10H2,1-4H3. The zero-order chi connectivity index (χ0) is 12.8. The van der Waals surface area contributed by atoms with E-state index >= 15 is 0 Å². The van der Waals surface area contributed by atoms with Crippen LogP contribution < -0.4 is 0 Å². The maximum Gasteiger partial charge on any atom is 0.323 e. The van der Waals surface area contributed by atoms with Gasteiger partial charge in [0.25, 0.3) is 0 Å². The summed E-state index contributed by atoms with van der Waals surface area (Å²) >= 11 is 0. The summed E-state index contributed by atoms with van der Waals surface area (Å²) in [4.78, 5) is 16.6. The fraction of sp³-hybridized carbons (Fsp3) is 0.923. The maximum atomic E-state index is 11.9. The molecule has 0 radical (unpaired) electrons. The van der Waals surface area contributed by atoms with Crippen LogP contribution in [0.1, 0.15) is 34.1 Å². The molecule has 0 saturated carbocycles. The minimum Gasteiger partial charge on any atom is -0.465 e. The Kier molecular flexibility index (Phi) is 5.92. The Labute approximate surface area is 105 Å². The predicted molar refractivity (Wildman–Crippen MR) is 69.0 cm³/mol. The lowest BCUT2D eigenvalue weighted by Gasteiger charge is -2.41. The number of carbonyl (C=O) groups is 1. The van der Waals surface area contributed by atoms with Gasteiger partial charge in [-0.05, 0) is 26.8 Å². The third kappa shape index (κ3) is 3.68. The van der Waals surface area contributed by atoms with Gasteiger partial charge >= 0.3 is 5.97 Å². The van der Waals surface area contributed by atoms with Gasteiger partial charge in [0.05, 0.1) is 6.61 Å². The smallest absolute Gasteiger partial charge is 0.323 e. The number of ether oxygens (including phenoxy) is 1. The van der Waals surface area contributed by atoms with E-state index in [4.69, 9.17) is 4.74 Å². The molecule has 0 aliphatic carbocycles. The number of hydrogen-bond donors (Lipinski definition) is 0. The van der Waals surface area contributed by atoms with Crippen LogP contribution in [0.2, 0.25) is 0 Å². The molecule has 4 heteroatoms. The summed E-state index contributed by atoms with van der Waals surface area (Å²) in [6, 6.07) is 0.466. The number of nitrogens with zero attached hydrogens (tertiary/aromatic N) is 2. The van der Waals surface area contributed by atoms with Crippen molar-refractivity contribution in [3.05, 3.63) is 0 Å². The zero-order valence-electron chi connectivity index (χ0n) is 11.6. The number of carbonyl (C=O) groups excluding carboxylic acids is 1. The monoisotopic (exact) mass is 242 g/mol. The first kappa shape index (κ1) is 14.5. The molecule has 0 N–H and O–H groups in total. The molecule has 1 aliphatic rings. The number of hydrogen-bond acceptors (Lipinski definition) is 4. The number of likely N-dealkylation sites (N-methyl/N-ethyl adjacent to an activating group) is 1. The molecule has 1 aliphatic heterocycles. The van der Waals surface area contributed by atoms with E-state index < -0.39 is 0 Å². The Morgan fingerprint density at radius 2 is 2.06 bits per heavy atom. The molecule has 1 saturated heterocycles. The third-order valence-electron chi connectivity index (χ3n) is 3.59. The molecular formula is C13H26N2O2. The van der Waals surface area contributed by atoms with E-state index in [9.17, 15) is 4.79 Å². The molecule has 2 atom stereocenters. The average molecular weight is 242 g/mol. The molecule has 17 heavy (non-hydrogen) atoms. The molecule has 0 bridgehead atoms. The number of esters is 1. The Bertz CT molecular complexity index is 246. The minimum absolute atomic E-state index is 0.0589. The summed E-state index contributed by atoms with van der Waals surface area (Å²) in [6.07, 6.45) is 0.831. The minimum atomic E-state index is -0.0628. The van der Waals surface area contributed by atoms with E-state index in [0.717, 1.165) is 32.6 Å². The van der Waals surface area contributed by atoms with Gasteiger partial charge in [-0.3, -0.25) is 14.6 Å². The summed E-state index contributed by atoms with van der Waals surface area (Å²) in [5, 5.41) is 0. The van der Waals surface area contributed by atoms with Crippen molar-refractivity contribution >= 4 is 5.97 Å². The van der Waals surface area contributed by atoms with E-state index in [1.54, 1.807) is 0 Å². The van der Waals surface area contributed by atoms with Crippen LogP contribution in [-0.2, 0) is 9.53 Å². The van der Waals surface area contributed by atoms with Gasteiger partial charge in [-0.25, -0.2) is 0 Å². The first-order valence-corrected chi connectivity index (χ1v) is 6.78. The van der Waals surface area contributed by atoms with Crippen molar-refractivity contribution < 1.29 is 9.53 Å². The highest BCUT2D eigenvalue weighted by Gasteiger charge is 2.31. The van der Waals surface area contributed by atoms with Crippen molar-refractivity contribution in [3.63, 3.8) is 0 Å². The second-order valence-corrected chi connectivity index (χ2v) is 4.65. The average Bonchev–Trinajstić information content (AvgIpc) is 2.30. The van der Waals surface area contributed by atoms with Crippen molar-refractivity contribution in [2.75, 3.05) is 32.8 Å². The first-order valence-electron chi connectivity index (χ1n) is 6.78. The molecule has 100 valence electrons. The Balaban J connectivity index is 2.56. The molecule has 0 aromatic rings. The van der Waals surface area contributed by atoms with Gasteiger partial charge in [0.1, 0.15) is 6.04 Å². The lowest BCUT2D eigenvalue weighted by molar-refractivity contribution is -0.150. The summed E-state index contributed by atoms with van der Waals surface area (Å²) in [5.74, 6) is -0.0628. The van der Waals surface area contributed by atoms with E-state index in [2.05, 4.69) is 30.6 Å². The number of piperazine rings is 1. The van der Waals surface area contributed by atoms with Crippen LogP contribution in [0, 0.1) is 0 Å². The zero-order valence-corrected chi connectivity index (χ0v) is 11.6. The van der Waals surface area contributed by atoms with Crippen molar-refractivity contribution in [2.24, 2.45) is 0 Å². The highest BCUT2D eigenvalue weighted by Crippen LogP contribution is 2.14. The van der Waals surface area contributed by atoms with Crippen molar-refractivity contribution in [2.45, 2.75) is 46.2 Å². The maximum absolute atomic E-state index is 11.9. The fourth-order valence-electron chi connectivity index (χ4n) is 2.59. The highest BCUT2D eigenvalue weighted by atomic mass is 16.5. The van der Waals surface area contributed by atoms with Gasteiger partial charge in [0.2, 0.25) is 0 Å². The Morgan fingerprint density at radius 1 is 1.35 bits per heavy atom. The molecule has 2 unspecified atom stereocenters. The van der Waals surface area contributed by atoms with Gasteiger partial charge in [0, 0.05) is 25.7 Å². The van der Waals surface area contributed by atoms with E-state index in [1.165, 1.54) is 0 Å². The molecule has 1 heterocycles. The number of rotatable bonds is 5. The SMILES string of the molecule is CCOC(=O)C(CC)N1CCN(CC)C(C)C1. The molecule has 1 rings (SSSR count). The summed E-state index contributed by atoms with van der Waals surface area (Å²) < 4.78 is 5.14. The molecule has 1 fully saturated rings. The molecule has 0 amide bonds. The quantitative estimate of drug-likeness (QED) is 0.681. The lowest BCUT2D eigenvalue weighted by atomic mass is 10.1. The van der Waals surface area contributed by atoms with E-state index in [0.29, 0.717) is 12.6 Å².